The number of aryl methyl sites for hydroxylation is 1. The molecule has 1 aliphatic heterocycles. The summed E-state index contributed by atoms with van der Waals surface area (Å²) in [5.74, 6) is -0.660. The van der Waals surface area contributed by atoms with Crippen LogP contribution in [0.5, 0.6) is 28.7 Å². The molecule has 0 bridgehead atoms. The number of phenolic OH excluding ortho intramolecular Hbond substituents is 4. The normalized spacial score (nSPS) is 18.2. The first kappa shape index (κ1) is 19.7. The van der Waals surface area contributed by atoms with Gasteiger partial charge in [-0.15, -0.1) is 0 Å². The van der Waals surface area contributed by atoms with Crippen LogP contribution in [-0.2, 0) is 6.42 Å². The van der Waals surface area contributed by atoms with Gasteiger partial charge in [0.25, 0.3) is 0 Å². The van der Waals surface area contributed by atoms with E-state index in [4.69, 9.17) is 4.74 Å². The van der Waals surface area contributed by atoms with E-state index in [1.54, 1.807) is 12.1 Å². The van der Waals surface area contributed by atoms with Crippen LogP contribution in [0.25, 0.3) is 12.2 Å². The fourth-order valence-corrected chi connectivity index (χ4v) is 3.57. The summed E-state index contributed by atoms with van der Waals surface area (Å²) in [6, 6.07) is 13.3. The van der Waals surface area contributed by atoms with Crippen LogP contribution in [0.15, 0.2) is 48.5 Å². The van der Waals surface area contributed by atoms with Gasteiger partial charge in [-0.25, -0.2) is 0 Å². The van der Waals surface area contributed by atoms with E-state index in [0.717, 1.165) is 11.1 Å². The zero-order valence-corrected chi connectivity index (χ0v) is 16.3. The highest BCUT2D eigenvalue weighted by Crippen LogP contribution is 2.46. The highest BCUT2D eigenvalue weighted by Gasteiger charge is 2.34. The molecule has 3 aromatic carbocycles. The summed E-state index contributed by atoms with van der Waals surface area (Å²) in [7, 11) is 0. The first-order chi connectivity index (χ1) is 14.3. The number of fused-ring (bicyclic) bond motifs is 1. The van der Waals surface area contributed by atoms with Crippen molar-refractivity contribution in [3.8, 4) is 28.7 Å². The van der Waals surface area contributed by atoms with Crippen molar-refractivity contribution in [3.05, 3.63) is 76.3 Å². The number of aromatic hydroxyl groups is 4. The van der Waals surface area contributed by atoms with E-state index in [-0.39, 0.29) is 35.2 Å². The van der Waals surface area contributed by atoms with Crippen LogP contribution in [0.3, 0.4) is 0 Å². The molecule has 2 atom stereocenters. The van der Waals surface area contributed by atoms with E-state index in [1.165, 1.54) is 18.2 Å². The number of rotatable bonds is 3. The number of benzene rings is 3. The fraction of sp³-hybridized carbons (Fsp3) is 0.167. The Kier molecular flexibility index (Phi) is 5.01. The van der Waals surface area contributed by atoms with Crippen molar-refractivity contribution in [2.45, 2.75) is 25.6 Å². The number of ether oxygens (including phenoxy) is 1. The molecule has 0 spiro atoms. The molecule has 3 aromatic rings. The molecule has 4 rings (SSSR count). The second kappa shape index (κ2) is 7.65. The monoisotopic (exact) mass is 406 g/mol. The molecule has 2 unspecified atom stereocenters. The highest BCUT2D eigenvalue weighted by molar-refractivity contribution is 5.78. The smallest absolute Gasteiger partial charge is 0.157 e. The predicted molar refractivity (Wildman–Crippen MR) is 113 cm³/mol. The maximum Gasteiger partial charge on any atom is 0.157 e. The third kappa shape index (κ3) is 3.65. The minimum atomic E-state index is -0.995. The van der Waals surface area contributed by atoms with Crippen LogP contribution in [0.4, 0.5) is 0 Å². The van der Waals surface area contributed by atoms with Crippen molar-refractivity contribution < 1.29 is 30.3 Å². The molecule has 0 aliphatic carbocycles. The average Bonchev–Trinajstić information content (AvgIpc) is 2.71. The molecule has 0 saturated carbocycles. The molecule has 1 aliphatic rings. The van der Waals surface area contributed by atoms with Gasteiger partial charge in [0.1, 0.15) is 23.4 Å². The third-order valence-electron chi connectivity index (χ3n) is 5.23. The number of phenols is 4. The van der Waals surface area contributed by atoms with E-state index in [0.29, 0.717) is 16.7 Å². The lowest BCUT2D eigenvalue weighted by Gasteiger charge is -2.32. The lowest BCUT2D eigenvalue weighted by Crippen LogP contribution is -2.30. The minimum absolute atomic E-state index is 0.0964. The predicted octanol–water partition coefficient (Wildman–Crippen LogP) is 4.02. The van der Waals surface area contributed by atoms with Crippen molar-refractivity contribution in [3.63, 3.8) is 0 Å². The van der Waals surface area contributed by atoms with Crippen LogP contribution >= 0.6 is 0 Å². The van der Waals surface area contributed by atoms with Crippen molar-refractivity contribution in [2.24, 2.45) is 0 Å². The van der Waals surface area contributed by atoms with E-state index in [2.05, 4.69) is 0 Å². The van der Waals surface area contributed by atoms with Gasteiger partial charge >= 0.3 is 0 Å². The Morgan fingerprint density at radius 3 is 2.27 bits per heavy atom. The van der Waals surface area contributed by atoms with Gasteiger partial charge in [-0.3, -0.25) is 0 Å². The largest absolute Gasteiger partial charge is 0.507 e. The van der Waals surface area contributed by atoms with Crippen molar-refractivity contribution >= 4 is 12.2 Å². The van der Waals surface area contributed by atoms with Crippen LogP contribution in [0.1, 0.15) is 33.9 Å². The van der Waals surface area contributed by atoms with Gasteiger partial charge < -0.3 is 30.3 Å². The summed E-state index contributed by atoms with van der Waals surface area (Å²) >= 11 is 0. The van der Waals surface area contributed by atoms with Crippen molar-refractivity contribution in [2.75, 3.05) is 0 Å². The van der Waals surface area contributed by atoms with E-state index < -0.39 is 12.2 Å². The summed E-state index contributed by atoms with van der Waals surface area (Å²) in [4.78, 5) is 0. The van der Waals surface area contributed by atoms with Crippen LogP contribution in [0, 0.1) is 6.92 Å². The van der Waals surface area contributed by atoms with Crippen LogP contribution < -0.4 is 4.74 Å². The Bertz CT molecular complexity index is 1120. The molecule has 154 valence electrons. The number of hydrogen-bond donors (Lipinski definition) is 5. The Balaban J connectivity index is 1.75. The second-order valence-corrected chi connectivity index (χ2v) is 7.44. The quantitative estimate of drug-likeness (QED) is 0.332. The van der Waals surface area contributed by atoms with Gasteiger partial charge in [0.05, 0.1) is 11.7 Å². The molecule has 1 heterocycles. The van der Waals surface area contributed by atoms with Crippen LogP contribution in [0.2, 0.25) is 0 Å². The summed E-state index contributed by atoms with van der Waals surface area (Å²) in [5.41, 5.74) is 3.29. The number of aliphatic hydroxyl groups is 1. The Labute approximate surface area is 173 Å². The van der Waals surface area contributed by atoms with E-state index in [9.17, 15) is 25.5 Å². The topological polar surface area (TPSA) is 110 Å². The molecule has 0 saturated heterocycles. The summed E-state index contributed by atoms with van der Waals surface area (Å²) in [6.45, 7) is 2.00. The SMILES string of the molecule is Cc1ccc(/C=C/c2c(O)cc(O)c3c2OC(c2ccc(O)c(O)c2)C(O)C3)cc1. The molecule has 0 amide bonds. The van der Waals surface area contributed by atoms with Crippen molar-refractivity contribution in [1.82, 2.24) is 0 Å². The molecule has 5 N–H and O–H groups in total. The lowest BCUT2D eigenvalue weighted by molar-refractivity contribution is 0.0195. The standard InChI is InChI=1S/C24H22O6/c1-13-2-4-14(5-3-13)6-8-16-19(26)12-20(27)17-11-22(29)23(30-24(16)17)15-7-9-18(25)21(28)10-15/h2-10,12,22-23,25-29H,11H2,1H3/b8-6+. The molecule has 6 nitrogen and oxygen atoms in total. The highest BCUT2D eigenvalue weighted by atomic mass is 16.5. The van der Waals surface area contributed by atoms with E-state index in [1.807, 2.05) is 37.3 Å². The number of hydrogen-bond acceptors (Lipinski definition) is 6. The third-order valence-corrected chi connectivity index (χ3v) is 5.23. The maximum atomic E-state index is 10.6. The molecule has 0 aromatic heterocycles. The minimum Gasteiger partial charge on any atom is -0.507 e. The van der Waals surface area contributed by atoms with Gasteiger partial charge in [-0.05, 0) is 36.3 Å². The van der Waals surface area contributed by atoms with Gasteiger partial charge in [0, 0.05) is 18.1 Å². The Morgan fingerprint density at radius 1 is 0.833 bits per heavy atom. The second-order valence-electron chi connectivity index (χ2n) is 7.44. The maximum absolute atomic E-state index is 10.6. The van der Waals surface area contributed by atoms with Gasteiger partial charge in [-0.1, -0.05) is 42.0 Å². The molecule has 30 heavy (non-hydrogen) atoms. The van der Waals surface area contributed by atoms with Crippen molar-refractivity contribution in [1.29, 1.82) is 0 Å². The molecular weight excluding hydrogens is 384 g/mol. The van der Waals surface area contributed by atoms with Gasteiger partial charge in [0.15, 0.2) is 11.5 Å². The zero-order chi connectivity index (χ0) is 21.4. The summed E-state index contributed by atoms with van der Waals surface area (Å²) in [6.07, 6.45) is 1.77. The molecule has 0 fully saturated rings. The molecular formula is C24H22O6. The fourth-order valence-electron chi connectivity index (χ4n) is 3.57. The van der Waals surface area contributed by atoms with Gasteiger partial charge in [0.2, 0.25) is 0 Å². The number of aliphatic hydroxyl groups excluding tert-OH is 1. The zero-order valence-electron chi connectivity index (χ0n) is 16.3. The summed E-state index contributed by atoms with van der Waals surface area (Å²) in [5, 5.41) is 50.7. The van der Waals surface area contributed by atoms with E-state index >= 15 is 0 Å². The Morgan fingerprint density at radius 2 is 1.57 bits per heavy atom. The first-order valence-corrected chi connectivity index (χ1v) is 9.52. The van der Waals surface area contributed by atoms with Crippen LogP contribution in [-0.4, -0.2) is 31.6 Å². The Hall–Kier alpha value is -3.64. The molecule has 0 radical (unpaired) electrons. The molecule has 6 heteroatoms. The first-order valence-electron chi connectivity index (χ1n) is 9.52. The van der Waals surface area contributed by atoms with Gasteiger partial charge in [-0.2, -0.15) is 0 Å². The summed E-state index contributed by atoms with van der Waals surface area (Å²) < 4.78 is 6.01. The lowest BCUT2D eigenvalue weighted by atomic mass is 9.91. The average molecular weight is 406 g/mol.